The molecule has 0 amide bonds. The summed E-state index contributed by atoms with van der Waals surface area (Å²) < 4.78 is 0. The normalized spacial score (nSPS) is 34.8. The van der Waals surface area contributed by atoms with Gasteiger partial charge in [-0.05, 0) is 102 Å². The molecule has 0 aliphatic heterocycles. The summed E-state index contributed by atoms with van der Waals surface area (Å²) in [5.74, 6) is 1.27. The number of fused-ring (bicyclic) bond motifs is 1. The molecular weight excluding hydrogens is 420 g/mol. The van der Waals surface area contributed by atoms with Crippen LogP contribution in [0.5, 0.6) is 0 Å². The maximum atomic E-state index is 12.9. The van der Waals surface area contributed by atoms with Crippen LogP contribution in [-0.2, 0) is 4.79 Å². The summed E-state index contributed by atoms with van der Waals surface area (Å²) in [7, 11) is 0. The first-order valence-electron chi connectivity index (χ1n) is 13.6. The lowest BCUT2D eigenvalue weighted by atomic mass is 9.42. The lowest BCUT2D eigenvalue weighted by Gasteiger charge is -2.63. The van der Waals surface area contributed by atoms with Crippen LogP contribution in [0.15, 0.2) is 34.9 Å². The molecule has 0 spiro atoms. The monoisotopic (exact) mass is 472 g/mol. The number of hydrogen-bond donors (Lipinski definition) is 2. The van der Waals surface area contributed by atoms with Crippen LogP contribution in [0.25, 0.3) is 0 Å². The van der Waals surface area contributed by atoms with Gasteiger partial charge in [0.15, 0.2) is 0 Å². The van der Waals surface area contributed by atoms with Crippen LogP contribution in [0, 0.1) is 28.6 Å². The second kappa shape index (κ2) is 11.7. The van der Waals surface area contributed by atoms with Crippen LogP contribution in [0.3, 0.4) is 0 Å². The van der Waals surface area contributed by atoms with E-state index in [0.29, 0.717) is 24.0 Å². The molecule has 2 aliphatic rings. The Morgan fingerprint density at radius 3 is 2.03 bits per heavy atom. The zero-order valence-electron chi connectivity index (χ0n) is 23.3. The number of allylic oxidation sites excluding steroid dienone is 5. The van der Waals surface area contributed by atoms with Crippen molar-refractivity contribution in [1.82, 2.24) is 0 Å². The molecule has 0 aromatic rings. The Labute approximate surface area is 209 Å². The number of carbonyl (C=O) groups is 1. The van der Waals surface area contributed by atoms with E-state index < -0.39 is 5.60 Å². The van der Waals surface area contributed by atoms with Gasteiger partial charge in [-0.25, -0.2) is 0 Å². The van der Waals surface area contributed by atoms with Gasteiger partial charge in [0, 0.05) is 11.8 Å². The molecule has 0 aromatic carbocycles. The van der Waals surface area contributed by atoms with Crippen molar-refractivity contribution >= 4 is 5.78 Å². The maximum Gasteiger partial charge on any atom is 0.139 e. The van der Waals surface area contributed by atoms with Gasteiger partial charge in [-0.3, -0.25) is 4.79 Å². The first-order chi connectivity index (χ1) is 15.8. The van der Waals surface area contributed by atoms with E-state index in [1.807, 2.05) is 13.8 Å². The topological polar surface area (TPSA) is 57.5 Å². The first-order valence-corrected chi connectivity index (χ1v) is 13.6. The Morgan fingerprint density at radius 2 is 1.47 bits per heavy atom. The number of ketones is 1. The summed E-state index contributed by atoms with van der Waals surface area (Å²) in [5, 5.41) is 20.5. The van der Waals surface area contributed by atoms with E-state index in [9.17, 15) is 9.90 Å². The highest BCUT2D eigenvalue weighted by Gasteiger charge is 2.62. The summed E-state index contributed by atoms with van der Waals surface area (Å²) in [6.45, 7) is 17.5. The zero-order chi connectivity index (χ0) is 25.7. The molecule has 3 nitrogen and oxygen atoms in total. The third-order valence-corrected chi connectivity index (χ3v) is 9.60. The van der Waals surface area contributed by atoms with E-state index in [1.165, 1.54) is 11.1 Å². The number of aliphatic hydroxyl groups excluding tert-OH is 1. The van der Waals surface area contributed by atoms with Crippen molar-refractivity contribution in [2.24, 2.45) is 28.6 Å². The predicted octanol–water partition coefficient (Wildman–Crippen LogP) is 7.58. The Kier molecular flexibility index (Phi) is 9.99. The molecular formula is C31H52O3. The van der Waals surface area contributed by atoms with Crippen LogP contribution in [0.2, 0.25) is 0 Å². The lowest BCUT2D eigenvalue weighted by Crippen LogP contribution is -2.62. The van der Waals surface area contributed by atoms with E-state index in [2.05, 4.69) is 59.8 Å². The van der Waals surface area contributed by atoms with Crippen molar-refractivity contribution in [3.63, 3.8) is 0 Å². The van der Waals surface area contributed by atoms with E-state index >= 15 is 0 Å². The standard InChI is InChI=1S/C31H52O3/c1-22(14-10-16-24(3)21-32)12-9-13-23(2)15-11-17-27-30(7,34)19-18-26-29(5,6)28(33)20-25(4)31(26,27)8/h12,15-16,25-27,32,34H,9-11,13-14,17-21H2,1-8H3/b22-12+,23-15+,24-16+/t25-,26?,27+,30-,31+/m1/s1. The molecule has 0 aromatic heterocycles. The van der Waals surface area contributed by atoms with Crippen LogP contribution in [0.4, 0.5) is 0 Å². The highest BCUT2D eigenvalue weighted by atomic mass is 16.3. The van der Waals surface area contributed by atoms with Gasteiger partial charge in [0.2, 0.25) is 0 Å². The molecule has 0 saturated heterocycles. The SMILES string of the molecule is C/C(=C\CC/C(C)=C/CC/C(C)=C/CC[C@@H]1[C@]2(C)C(CC[C@@]1(C)O)C(C)(C)C(=O)C[C@H]2C)CO. The quantitative estimate of drug-likeness (QED) is 0.322. The largest absolute Gasteiger partial charge is 0.392 e. The van der Waals surface area contributed by atoms with Crippen LogP contribution >= 0.6 is 0 Å². The molecule has 0 bridgehead atoms. The molecule has 0 heterocycles. The molecule has 2 saturated carbocycles. The van der Waals surface area contributed by atoms with Crippen molar-refractivity contribution in [1.29, 1.82) is 0 Å². The average molecular weight is 473 g/mol. The van der Waals surface area contributed by atoms with E-state index in [0.717, 1.165) is 56.9 Å². The Balaban J connectivity index is 1.98. The van der Waals surface area contributed by atoms with Crippen molar-refractivity contribution in [3.05, 3.63) is 34.9 Å². The summed E-state index contributed by atoms with van der Waals surface area (Å²) in [6.07, 6.45) is 15.4. The maximum absolute atomic E-state index is 12.9. The van der Waals surface area contributed by atoms with Crippen LogP contribution < -0.4 is 0 Å². The molecule has 2 aliphatic carbocycles. The molecule has 3 heteroatoms. The fraction of sp³-hybridized carbons (Fsp3) is 0.774. The predicted molar refractivity (Wildman–Crippen MR) is 144 cm³/mol. The molecule has 2 fully saturated rings. The number of aliphatic hydroxyl groups is 2. The fourth-order valence-corrected chi connectivity index (χ4v) is 7.09. The van der Waals surface area contributed by atoms with Gasteiger partial charge in [0.05, 0.1) is 12.2 Å². The molecule has 194 valence electrons. The third-order valence-electron chi connectivity index (χ3n) is 9.60. The van der Waals surface area contributed by atoms with Gasteiger partial charge in [-0.15, -0.1) is 0 Å². The minimum atomic E-state index is -0.666. The molecule has 2 N–H and O–H groups in total. The number of Topliss-reactive ketones (excluding diaryl/α,β-unsaturated/α-hetero) is 1. The highest BCUT2D eigenvalue weighted by Crippen LogP contribution is 2.63. The first kappa shape index (κ1) is 29.0. The number of carbonyl (C=O) groups excluding carboxylic acids is 1. The number of hydrogen-bond acceptors (Lipinski definition) is 3. The van der Waals surface area contributed by atoms with Gasteiger partial charge in [0.1, 0.15) is 5.78 Å². The van der Waals surface area contributed by atoms with Gasteiger partial charge in [0.25, 0.3) is 0 Å². The zero-order valence-corrected chi connectivity index (χ0v) is 23.3. The van der Waals surface area contributed by atoms with Gasteiger partial charge in [-0.2, -0.15) is 0 Å². The second-order valence-corrected chi connectivity index (χ2v) is 12.6. The van der Waals surface area contributed by atoms with Crippen molar-refractivity contribution in [2.75, 3.05) is 6.61 Å². The molecule has 2 rings (SSSR count). The molecule has 5 atom stereocenters. The lowest BCUT2D eigenvalue weighted by molar-refractivity contribution is -0.193. The molecule has 1 unspecified atom stereocenters. The van der Waals surface area contributed by atoms with E-state index in [1.54, 1.807) is 0 Å². The van der Waals surface area contributed by atoms with Crippen molar-refractivity contribution in [3.8, 4) is 0 Å². The van der Waals surface area contributed by atoms with Crippen LogP contribution in [-0.4, -0.2) is 28.2 Å². The second-order valence-electron chi connectivity index (χ2n) is 12.6. The smallest absolute Gasteiger partial charge is 0.139 e. The summed E-state index contributed by atoms with van der Waals surface area (Å²) in [4.78, 5) is 12.9. The van der Waals surface area contributed by atoms with Crippen molar-refractivity contribution < 1.29 is 15.0 Å². The minimum Gasteiger partial charge on any atom is -0.392 e. The highest BCUT2D eigenvalue weighted by molar-refractivity contribution is 5.85. The van der Waals surface area contributed by atoms with Crippen molar-refractivity contribution in [2.45, 2.75) is 119 Å². The Morgan fingerprint density at radius 1 is 0.941 bits per heavy atom. The summed E-state index contributed by atoms with van der Waals surface area (Å²) in [5.41, 5.74) is 2.91. The average Bonchev–Trinajstić information content (AvgIpc) is 2.74. The minimum absolute atomic E-state index is 0.0103. The van der Waals surface area contributed by atoms with E-state index in [-0.39, 0.29) is 23.4 Å². The fourth-order valence-electron chi connectivity index (χ4n) is 7.09. The van der Waals surface area contributed by atoms with Gasteiger partial charge >= 0.3 is 0 Å². The van der Waals surface area contributed by atoms with Gasteiger partial charge in [-0.1, -0.05) is 62.6 Å². The summed E-state index contributed by atoms with van der Waals surface area (Å²) in [6, 6.07) is 0. The summed E-state index contributed by atoms with van der Waals surface area (Å²) >= 11 is 0. The third kappa shape index (κ3) is 6.52. The van der Waals surface area contributed by atoms with Crippen LogP contribution in [0.1, 0.15) is 113 Å². The van der Waals surface area contributed by atoms with Gasteiger partial charge < -0.3 is 10.2 Å². The Hall–Kier alpha value is -1.19. The molecule has 0 radical (unpaired) electrons. The Bertz CT molecular complexity index is 797. The number of rotatable bonds is 10. The van der Waals surface area contributed by atoms with E-state index in [4.69, 9.17) is 5.11 Å². The molecule has 34 heavy (non-hydrogen) atoms.